The quantitative estimate of drug-likeness (QED) is 0.237. The maximum atomic E-state index is 13.1. The van der Waals surface area contributed by atoms with E-state index in [0.717, 1.165) is 53.2 Å². The highest BCUT2D eigenvalue weighted by molar-refractivity contribution is 6.27. The van der Waals surface area contributed by atoms with Gasteiger partial charge in [0.15, 0.2) is 0 Å². The number of carbonyl (C=O) groups excluding carboxylic acids is 4. The molecule has 10 nitrogen and oxygen atoms in total. The number of hydrogen-bond acceptors (Lipinski definition) is 8. The number of aliphatic imine (C=N–C) groups is 1. The Bertz CT molecular complexity index is 1720. The molecular formula is C33H30N6O4. The van der Waals surface area contributed by atoms with Crippen molar-refractivity contribution >= 4 is 46.4 Å². The third-order valence-corrected chi connectivity index (χ3v) is 8.65. The molecule has 3 heterocycles. The molecule has 2 aromatic carbocycles. The fourth-order valence-corrected chi connectivity index (χ4v) is 5.96. The van der Waals surface area contributed by atoms with Crippen LogP contribution in [0.1, 0.15) is 64.8 Å². The average Bonchev–Trinajstić information content (AvgIpc) is 3.81. The van der Waals surface area contributed by atoms with Crippen LogP contribution in [0.2, 0.25) is 0 Å². The lowest BCUT2D eigenvalue weighted by molar-refractivity contribution is -0.136. The molecule has 216 valence electrons. The number of hydrogen-bond donors (Lipinski definition) is 4. The number of benzene rings is 2. The van der Waals surface area contributed by atoms with Crippen molar-refractivity contribution in [2.75, 3.05) is 11.9 Å². The summed E-state index contributed by atoms with van der Waals surface area (Å²) in [5.41, 5.74) is 5.37. The minimum atomic E-state index is -0.987. The summed E-state index contributed by atoms with van der Waals surface area (Å²) >= 11 is 0. The van der Waals surface area contributed by atoms with Gasteiger partial charge in [0.2, 0.25) is 11.8 Å². The van der Waals surface area contributed by atoms with Crippen molar-refractivity contribution in [3.63, 3.8) is 0 Å². The first kappa shape index (κ1) is 26.8. The summed E-state index contributed by atoms with van der Waals surface area (Å²) in [5.74, 6) is 4.83. The molecule has 7 rings (SSSR count). The van der Waals surface area contributed by atoms with Gasteiger partial charge in [0.1, 0.15) is 6.04 Å². The molecule has 5 aliphatic rings. The van der Waals surface area contributed by atoms with E-state index in [1.807, 2.05) is 30.5 Å². The maximum absolute atomic E-state index is 13.1. The van der Waals surface area contributed by atoms with Crippen molar-refractivity contribution in [3.05, 3.63) is 70.9 Å². The monoisotopic (exact) mass is 574 g/mol. The van der Waals surface area contributed by atoms with Crippen molar-refractivity contribution in [3.8, 4) is 11.8 Å². The molecule has 3 aliphatic heterocycles. The second-order valence-corrected chi connectivity index (χ2v) is 11.7. The van der Waals surface area contributed by atoms with Gasteiger partial charge in [-0.1, -0.05) is 24.0 Å². The number of piperidine rings is 1. The van der Waals surface area contributed by atoms with E-state index in [1.165, 1.54) is 0 Å². The zero-order valence-corrected chi connectivity index (χ0v) is 23.4. The van der Waals surface area contributed by atoms with Crippen LogP contribution in [0.3, 0.4) is 0 Å². The summed E-state index contributed by atoms with van der Waals surface area (Å²) < 4.78 is 0. The molecule has 10 heteroatoms. The number of nitrogens with zero attached hydrogens (tertiary/aromatic N) is 2. The molecule has 2 saturated carbocycles. The summed E-state index contributed by atoms with van der Waals surface area (Å²) in [6.07, 6.45) is 5.97. The summed E-state index contributed by atoms with van der Waals surface area (Å²) in [6, 6.07) is 12.1. The van der Waals surface area contributed by atoms with Gasteiger partial charge in [-0.05, 0) is 62.4 Å². The molecule has 1 atom stereocenters. The molecule has 0 bridgehead atoms. The topological polar surface area (TPSA) is 144 Å². The van der Waals surface area contributed by atoms with Crippen LogP contribution in [0, 0.1) is 29.1 Å². The second-order valence-electron chi connectivity index (χ2n) is 11.7. The van der Waals surface area contributed by atoms with Gasteiger partial charge in [0.25, 0.3) is 11.8 Å². The fourth-order valence-electron chi connectivity index (χ4n) is 5.96. The number of amides is 4. The first-order valence-corrected chi connectivity index (χ1v) is 14.7. The Morgan fingerprint density at radius 3 is 2.60 bits per heavy atom. The van der Waals surface area contributed by atoms with Crippen LogP contribution in [0.15, 0.2) is 59.2 Å². The number of imide groups is 2. The maximum Gasteiger partial charge on any atom is 0.262 e. The molecule has 2 aliphatic carbocycles. The highest BCUT2D eigenvalue weighted by Crippen LogP contribution is 2.35. The normalized spacial score (nSPS) is 24.5. The number of fused-ring (bicyclic) bond motifs is 2. The Morgan fingerprint density at radius 1 is 1.02 bits per heavy atom. The van der Waals surface area contributed by atoms with E-state index in [1.54, 1.807) is 18.2 Å². The van der Waals surface area contributed by atoms with Crippen LogP contribution in [0.5, 0.6) is 0 Å². The van der Waals surface area contributed by atoms with Crippen molar-refractivity contribution in [2.24, 2.45) is 16.8 Å². The van der Waals surface area contributed by atoms with Gasteiger partial charge in [-0.2, -0.15) is 0 Å². The molecule has 0 spiro atoms. The summed E-state index contributed by atoms with van der Waals surface area (Å²) in [7, 11) is 0. The largest absolute Gasteiger partial charge is 0.387 e. The number of rotatable bonds is 6. The predicted octanol–water partition coefficient (Wildman–Crippen LogP) is 3.32. The fraction of sp³-hybridized carbons (Fsp3) is 0.333. The third-order valence-electron chi connectivity index (χ3n) is 8.65. The van der Waals surface area contributed by atoms with Crippen LogP contribution in [0.4, 0.5) is 11.4 Å². The van der Waals surface area contributed by atoms with Gasteiger partial charge in [-0.25, -0.2) is 4.99 Å². The van der Waals surface area contributed by atoms with E-state index in [2.05, 4.69) is 27.8 Å². The van der Waals surface area contributed by atoms with Crippen LogP contribution < -0.4 is 16.0 Å². The summed E-state index contributed by atoms with van der Waals surface area (Å²) in [6.45, 7) is 0.582. The van der Waals surface area contributed by atoms with E-state index in [9.17, 15) is 19.2 Å². The van der Waals surface area contributed by atoms with E-state index in [-0.39, 0.29) is 35.9 Å². The third kappa shape index (κ3) is 5.12. The van der Waals surface area contributed by atoms with Crippen LogP contribution in [0.25, 0.3) is 0 Å². The van der Waals surface area contributed by atoms with Crippen molar-refractivity contribution in [2.45, 2.75) is 50.6 Å². The van der Waals surface area contributed by atoms with Gasteiger partial charge in [-0.3, -0.25) is 29.4 Å². The molecule has 3 fully saturated rings. The molecule has 43 heavy (non-hydrogen) atoms. The zero-order valence-electron chi connectivity index (χ0n) is 23.4. The van der Waals surface area contributed by atoms with Crippen LogP contribution in [-0.2, 0) is 9.59 Å². The van der Waals surface area contributed by atoms with Gasteiger partial charge in [-0.15, -0.1) is 0 Å². The molecule has 4 N–H and O–H groups in total. The Balaban J connectivity index is 0.996. The van der Waals surface area contributed by atoms with Crippen molar-refractivity contribution < 1.29 is 19.2 Å². The lowest BCUT2D eigenvalue weighted by atomic mass is 9.80. The summed E-state index contributed by atoms with van der Waals surface area (Å²) in [5, 5.41) is 17.9. The molecule has 0 aromatic heterocycles. The lowest BCUT2D eigenvalue weighted by Crippen LogP contribution is -2.54. The Hall–Kier alpha value is -5.04. The highest BCUT2D eigenvalue weighted by Gasteiger charge is 2.44. The second kappa shape index (κ2) is 10.7. The van der Waals surface area contributed by atoms with Crippen LogP contribution in [-0.4, -0.2) is 58.6 Å². The molecule has 4 amide bonds. The van der Waals surface area contributed by atoms with E-state index >= 15 is 0 Å². The molecule has 1 saturated heterocycles. The lowest BCUT2D eigenvalue weighted by Gasteiger charge is -2.32. The zero-order chi connectivity index (χ0) is 29.7. The van der Waals surface area contributed by atoms with E-state index in [0.29, 0.717) is 23.7 Å². The minimum Gasteiger partial charge on any atom is -0.387 e. The Labute approximate surface area is 248 Å². The number of anilines is 1. The van der Waals surface area contributed by atoms with Crippen molar-refractivity contribution in [1.29, 1.82) is 5.41 Å². The highest BCUT2D eigenvalue weighted by atomic mass is 16.2. The molecular weight excluding hydrogens is 544 g/mol. The smallest absolute Gasteiger partial charge is 0.262 e. The van der Waals surface area contributed by atoms with E-state index < -0.39 is 29.7 Å². The van der Waals surface area contributed by atoms with Gasteiger partial charge < -0.3 is 16.0 Å². The van der Waals surface area contributed by atoms with Crippen LogP contribution >= 0.6 is 0 Å². The molecule has 1 unspecified atom stereocenters. The number of carbonyl (C=O) groups is 4. The Morgan fingerprint density at radius 2 is 1.81 bits per heavy atom. The average molecular weight is 575 g/mol. The molecule has 2 aromatic rings. The summed E-state index contributed by atoms with van der Waals surface area (Å²) in [4.78, 5) is 55.6. The Kier molecular flexibility index (Phi) is 6.65. The first-order chi connectivity index (χ1) is 20.9. The SMILES string of the molecule is N=C(/C(=C\NC1CC(C#Cc2ccc3c(c2)C(=O)N(C2CCC(=O)NC2=O)C3=O)C1)C1=Nc2ccccc2NC1)C1CC1. The molecule has 0 radical (unpaired) electrons. The van der Waals surface area contributed by atoms with Crippen molar-refractivity contribution in [1.82, 2.24) is 15.5 Å². The van der Waals surface area contributed by atoms with Gasteiger partial charge in [0.05, 0.1) is 34.8 Å². The van der Waals surface area contributed by atoms with E-state index in [4.69, 9.17) is 10.4 Å². The van der Waals surface area contributed by atoms with Gasteiger partial charge in [0, 0.05) is 47.3 Å². The predicted molar refractivity (Wildman–Crippen MR) is 160 cm³/mol. The number of para-hydroxylation sites is 2. The standard InChI is InChI=1S/C33H30N6O4/c34-30(20-8-9-20)24(27-17-36-25-3-1-2-4-26(25)37-27)16-35-21-13-19(14-21)6-5-18-7-10-22-23(15-18)33(43)39(32(22)42)28-11-12-29(40)38-31(28)41/h1-4,7,10,15-16,19-21,28,34-36H,8-9,11-14,17H2,(H,38,40,41)/b24-16-,34-30?. The first-order valence-electron chi connectivity index (χ1n) is 14.7. The number of nitrogens with one attached hydrogen (secondary N) is 4. The van der Waals surface area contributed by atoms with Gasteiger partial charge >= 0.3 is 0 Å². The minimum absolute atomic E-state index is 0.0818.